The number of nitrogens with one attached hydrogen (secondary N) is 3. The lowest BCUT2D eigenvalue weighted by molar-refractivity contribution is -0.134. The van der Waals surface area contributed by atoms with Gasteiger partial charge in [-0.3, -0.25) is 29.4 Å². The highest BCUT2D eigenvalue weighted by Gasteiger charge is 2.33. The van der Waals surface area contributed by atoms with Gasteiger partial charge in [-0.2, -0.15) is 5.10 Å². The number of hydrogen-bond donors (Lipinski definition) is 4. The van der Waals surface area contributed by atoms with E-state index < -0.39 is 47.0 Å². The van der Waals surface area contributed by atoms with Gasteiger partial charge in [0.2, 0.25) is 11.8 Å². The van der Waals surface area contributed by atoms with Crippen LogP contribution >= 0.6 is 11.3 Å². The van der Waals surface area contributed by atoms with E-state index in [2.05, 4.69) is 41.9 Å². The largest absolute Gasteiger partial charge is 0.369 e. The first-order valence-corrected chi connectivity index (χ1v) is 19.5. The number of piperidine rings is 1. The fraction of sp³-hybridized carbons (Fsp3) is 0.300. The molecule has 1 atom stereocenters. The van der Waals surface area contributed by atoms with Crippen LogP contribution in [0.2, 0.25) is 0 Å². The Hall–Kier alpha value is -6.07. The quantitative estimate of drug-likeness (QED) is 0.145. The summed E-state index contributed by atoms with van der Waals surface area (Å²) in [4.78, 5) is 58.0. The Morgan fingerprint density at radius 1 is 0.982 bits per heavy atom. The number of fused-ring (bicyclic) bond motifs is 2. The molecule has 0 bridgehead atoms. The number of nitrogens with zero attached hydrogens (tertiary/aromatic N) is 5. The smallest absolute Gasteiger partial charge is 0.257 e. The molecule has 0 spiro atoms. The van der Waals surface area contributed by atoms with Crippen LogP contribution < -0.4 is 26.6 Å². The third-order valence-corrected chi connectivity index (χ3v) is 11.5. The number of halogens is 3. The van der Waals surface area contributed by atoms with Gasteiger partial charge in [0.25, 0.3) is 11.8 Å². The zero-order valence-electron chi connectivity index (χ0n) is 30.8. The molecule has 13 nitrogen and oxygen atoms in total. The summed E-state index contributed by atoms with van der Waals surface area (Å²) >= 11 is 1.32. The first kappa shape index (κ1) is 37.8. The predicted molar refractivity (Wildman–Crippen MR) is 208 cm³/mol. The van der Waals surface area contributed by atoms with Gasteiger partial charge in [0, 0.05) is 79.1 Å². The molecule has 5 N–H and O–H groups in total. The molecule has 3 aliphatic heterocycles. The zero-order chi connectivity index (χ0) is 40.0. The zero-order valence-corrected chi connectivity index (χ0v) is 31.6. The number of thiazole rings is 1. The third kappa shape index (κ3) is 7.47. The number of aryl methyl sites for hydroxylation is 2. The summed E-state index contributed by atoms with van der Waals surface area (Å²) < 4.78 is 47.6. The SMILES string of the molecule is Cc1c(C(=O)Nc2cscn2)ccc(-c2nn3c(c2C(N)=O)Nc2ccc(N4CCN(CCc5cc(F)c([C@H]6CCC(=O)NC6=O)c(F)c5)CC4)cc2CC3)c1F. The lowest BCUT2D eigenvalue weighted by Gasteiger charge is -2.36. The van der Waals surface area contributed by atoms with E-state index in [0.29, 0.717) is 43.1 Å². The van der Waals surface area contributed by atoms with Gasteiger partial charge in [0.15, 0.2) is 0 Å². The third-order valence-electron chi connectivity index (χ3n) is 10.9. The molecule has 2 fully saturated rings. The summed E-state index contributed by atoms with van der Waals surface area (Å²) in [6, 6.07) is 11.5. The van der Waals surface area contributed by atoms with E-state index in [1.54, 1.807) is 15.6 Å². The standard InChI is InChI=1S/C40H38F3N9O4S/c1-21-25(39(55)47-31-19-57-20-45-31)3-4-27(35(21)43)36-34(37(44)54)38-46-30-6-2-24(18-23(30)9-11-52(38)49-36)51-14-12-50(13-15-51)10-8-22-16-28(41)33(29(42)17-22)26-5-7-32(53)48-40(26)56/h2-4,6,16-20,26,46H,5,7-15H2,1H3,(H2,44,54)(H,47,55)(H,48,53,56)/t26-/m1/s1. The number of benzene rings is 3. The van der Waals surface area contributed by atoms with Gasteiger partial charge >= 0.3 is 0 Å². The van der Waals surface area contributed by atoms with Crippen molar-refractivity contribution in [2.24, 2.45) is 5.73 Å². The number of imide groups is 1. The van der Waals surface area contributed by atoms with Gasteiger partial charge in [-0.15, -0.1) is 11.3 Å². The van der Waals surface area contributed by atoms with Crippen LogP contribution in [0.4, 0.5) is 36.2 Å². The molecule has 0 radical (unpaired) electrons. The molecule has 57 heavy (non-hydrogen) atoms. The Morgan fingerprint density at radius 2 is 1.75 bits per heavy atom. The van der Waals surface area contributed by atoms with Crippen LogP contribution in [0.5, 0.6) is 0 Å². The molecule has 17 heteroatoms. The van der Waals surface area contributed by atoms with E-state index >= 15 is 13.2 Å². The number of piperazine rings is 1. The minimum absolute atomic E-state index is 0.0376. The van der Waals surface area contributed by atoms with Crippen molar-refractivity contribution in [1.29, 1.82) is 0 Å². The van der Waals surface area contributed by atoms with Crippen molar-refractivity contribution in [1.82, 2.24) is 25.0 Å². The molecular formula is C40H38F3N9O4S. The maximum absolute atomic E-state index is 15.9. The minimum Gasteiger partial charge on any atom is -0.369 e. The molecule has 8 rings (SSSR count). The lowest BCUT2D eigenvalue weighted by atomic mass is 9.89. The Kier molecular flexibility index (Phi) is 10.3. The monoisotopic (exact) mass is 797 g/mol. The maximum atomic E-state index is 15.9. The fourth-order valence-electron chi connectivity index (χ4n) is 7.80. The molecule has 3 aliphatic rings. The summed E-state index contributed by atoms with van der Waals surface area (Å²) in [5.41, 5.74) is 10.8. The average molecular weight is 798 g/mol. The molecule has 5 heterocycles. The molecule has 2 saturated heterocycles. The van der Waals surface area contributed by atoms with Crippen LogP contribution in [0.25, 0.3) is 11.3 Å². The first-order valence-electron chi connectivity index (χ1n) is 18.5. The first-order chi connectivity index (χ1) is 27.4. The fourth-order valence-corrected chi connectivity index (χ4v) is 8.29. The Labute approximate surface area is 329 Å². The molecule has 0 saturated carbocycles. The Bertz CT molecular complexity index is 2410. The number of anilines is 4. The van der Waals surface area contributed by atoms with Gasteiger partial charge in [-0.05, 0) is 85.3 Å². The van der Waals surface area contributed by atoms with Gasteiger partial charge in [0.05, 0.1) is 11.4 Å². The van der Waals surface area contributed by atoms with Crippen molar-refractivity contribution in [3.63, 3.8) is 0 Å². The van der Waals surface area contributed by atoms with E-state index in [0.717, 1.165) is 43.1 Å². The number of hydrogen-bond acceptors (Lipinski definition) is 10. The Morgan fingerprint density at radius 3 is 2.46 bits per heavy atom. The number of rotatable bonds is 9. The van der Waals surface area contributed by atoms with Crippen LogP contribution in [0, 0.1) is 24.4 Å². The lowest BCUT2D eigenvalue weighted by Crippen LogP contribution is -2.47. The van der Waals surface area contributed by atoms with Gasteiger partial charge in [0.1, 0.15) is 40.3 Å². The summed E-state index contributed by atoms with van der Waals surface area (Å²) in [7, 11) is 0. The summed E-state index contributed by atoms with van der Waals surface area (Å²) in [5.74, 6) is -4.96. The van der Waals surface area contributed by atoms with Crippen LogP contribution in [-0.4, -0.2) is 76.0 Å². The number of carbonyl (C=O) groups is 4. The molecule has 5 aromatic rings. The van der Waals surface area contributed by atoms with E-state index in [1.807, 2.05) is 12.1 Å². The number of nitrogens with two attached hydrogens (primary N) is 1. The van der Waals surface area contributed by atoms with Crippen molar-refractivity contribution >= 4 is 58.0 Å². The van der Waals surface area contributed by atoms with Crippen molar-refractivity contribution in [3.05, 3.63) is 104 Å². The Balaban J connectivity index is 0.919. The van der Waals surface area contributed by atoms with Crippen LogP contribution in [0.15, 0.2) is 53.4 Å². The maximum Gasteiger partial charge on any atom is 0.257 e. The highest BCUT2D eigenvalue weighted by molar-refractivity contribution is 7.07. The molecule has 3 aromatic carbocycles. The highest BCUT2D eigenvalue weighted by atomic mass is 32.1. The summed E-state index contributed by atoms with van der Waals surface area (Å²) in [6.45, 7) is 5.42. The van der Waals surface area contributed by atoms with Crippen LogP contribution in [0.3, 0.4) is 0 Å². The van der Waals surface area contributed by atoms with Gasteiger partial charge < -0.3 is 21.3 Å². The second kappa shape index (κ2) is 15.5. The summed E-state index contributed by atoms with van der Waals surface area (Å²) in [5, 5.41) is 14.4. The molecule has 4 amide bonds. The number of amides is 4. The minimum atomic E-state index is -1.03. The van der Waals surface area contributed by atoms with Gasteiger partial charge in [-0.25, -0.2) is 22.8 Å². The van der Waals surface area contributed by atoms with Crippen molar-refractivity contribution < 1.29 is 32.3 Å². The normalized spacial score (nSPS) is 17.0. The summed E-state index contributed by atoms with van der Waals surface area (Å²) in [6.07, 6.45) is 1.11. The second-order valence-corrected chi connectivity index (χ2v) is 15.1. The average Bonchev–Trinajstić information content (AvgIpc) is 3.79. The number of primary amides is 1. The number of carbonyl (C=O) groups excluding carboxylic acids is 4. The van der Waals surface area contributed by atoms with Gasteiger partial charge in [-0.1, -0.05) is 0 Å². The molecule has 0 aliphatic carbocycles. The second-order valence-electron chi connectivity index (χ2n) is 14.4. The van der Waals surface area contributed by atoms with E-state index in [1.165, 1.54) is 42.5 Å². The van der Waals surface area contributed by atoms with Crippen molar-refractivity contribution in [3.8, 4) is 11.3 Å². The van der Waals surface area contributed by atoms with E-state index in [4.69, 9.17) is 5.73 Å². The van der Waals surface area contributed by atoms with Crippen LogP contribution in [-0.2, 0) is 29.0 Å². The van der Waals surface area contributed by atoms with E-state index in [9.17, 15) is 19.2 Å². The molecule has 0 unspecified atom stereocenters. The highest BCUT2D eigenvalue weighted by Crippen LogP contribution is 2.38. The molecular weight excluding hydrogens is 760 g/mol. The van der Waals surface area contributed by atoms with Crippen LogP contribution in [0.1, 0.15) is 61.7 Å². The van der Waals surface area contributed by atoms with Crippen molar-refractivity contribution in [2.75, 3.05) is 48.3 Å². The number of aromatic nitrogens is 3. The van der Waals surface area contributed by atoms with Crippen molar-refractivity contribution in [2.45, 2.75) is 45.1 Å². The molecule has 294 valence electrons. The van der Waals surface area contributed by atoms with E-state index in [-0.39, 0.29) is 46.4 Å². The topological polar surface area (TPSA) is 168 Å². The predicted octanol–water partition coefficient (Wildman–Crippen LogP) is 5.27. The molecule has 2 aromatic heterocycles.